The first kappa shape index (κ1) is 24.5. The molecule has 3 heterocycles. The molecule has 2 aliphatic heterocycles. The Kier molecular flexibility index (Phi) is 7.62. The van der Waals surface area contributed by atoms with Gasteiger partial charge < -0.3 is 15.1 Å². The Balaban J connectivity index is 1.08. The molecule has 36 heavy (non-hydrogen) atoms. The summed E-state index contributed by atoms with van der Waals surface area (Å²) in [4.78, 5) is 43.0. The number of likely N-dealkylation sites (tertiary alicyclic amines) is 1. The van der Waals surface area contributed by atoms with Gasteiger partial charge in [-0.2, -0.15) is 0 Å². The maximum Gasteiger partial charge on any atom is 0.229 e. The lowest BCUT2D eigenvalue weighted by Crippen LogP contribution is -2.44. The SMILES string of the molecule is O=C(Nc1nnc(CSc2ccccc2)s1)C1CCN(C(=O)C2CC(=O)N(c3ccccc3)C2)CC1. The number of amides is 3. The number of nitrogens with one attached hydrogen (secondary N) is 1. The molecular formula is C26H27N5O3S2. The van der Waals surface area contributed by atoms with Crippen molar-refractivity contribution < 1.29 is 14.4 Å². The van der Waals surface area contributed by atoms with Crippen molar-refractivity contribution in [3.63, 3.8) is 0 Å². The predicted octanol–water partition coefficient (Wildman–Crippen LogP) is 4.06. The van der Waals surface area contributed by atoms with E-state index >= 15 is 0 Å². The van der Waals surface area contributed by atoms with Crippen molar-refractivity contribution in [1.82, 2.24) is 15.1 Å². The van der Waals surface area contributed by atoms with Crippen LogP contribution in [0.25, 0.3) is 0 Å². The van der Waals surface area contributed by atoms with Gasteiger partial charge in [0.25, 0.3) is 0 Å². The number of aromatic nitrogens is 2. The first-order chi connectivity index (χ1) is 17.6. The molecule has 8 nitrogen and oxygen atoms in total. The van der Waals surface area contributed by atoms with Crippen LogP contribution >= 0.6 is 23.1 Å². The van der Waals surface area contributed by atoms with Crippen LogP contribution in [0.4, 0.5) is 10.8 Å². The molecule has 2 aromatic carbocycles. The Hall–Kier alpha value is -3.24. The molecule has 10 heteroatoms. The van der Waals surface area contributed by atoms with Gasteiger partial charge in [-0.25, -0.2) is 0 Å². The quantitative estimate of drug-likeness (QED) is 0.471. The molecule has 0 radical (unpaired) electrons. The monoisotopic (exact) mass is 521 g/mol. The van der Waals surface area contributed by atoms with Crippen LogP contribution in [-0.4, -0.2) is 52.5 Å². The molecule has 2 fully saturated rings. The van der Waals surface area contributed by atoms with Crippen molar-refractivity contribution in [2.24, 2.45) is 11.8 Å². The minimum absolute atomic E-state index is 0.00493. The summed E-state index contributed by atoms with van der Waals surface area (Å²) in [5, 5.41) is 12.6. The summed E-state index contributed by atoms with van der Waals surface area (Å²) in [6.45, 7) is 1.44. The first-order valence-corrected chi connectivity index (χ1v) is 13.8. The van der Waals surface area contributed by atoms with Gasteiger partial charge in [-0.1, -0.05) is 47.7 Å². The standard InChI is InChI=1S/C26H27N5O3S2/c32-23-15-19(16-31(23)20-7-3-1-4-8-20)25(34)30-13-11-18(12-14-30)24(33)27-26-29-28-22(36-26)17-35-21-9-5-2-6-10-21/h1-10,18-19H,11-17H2,(H,27,29,33). The third-order valence-electron chi connectivity index (χ3n) is 6.52. The van der Waals surface area contributed by atoms with E-state index in [0.717, 1.165) is 15.6 Å². The number of anilines is 2. The fraction of sp³-hybridized carbons (Fsp3) is 0.346. The second kappa shape index (κ2) is 11.2. The number of nitrogens with zero attached hydrogens (tertiary/aromatic N) is 4. The second-order valence-corrected chi connectivity index (χ2v) is 11.0. The molecule has 1 aromatic heterocycles. The van der Waals surface area contributed by atoms with Crippen LogP contribution in [0.3, 0.4) is 0 Å². The highest BCUT2D eigenvalue weighted by Gasteiger charge is 2.38. The number of rotatable bonds is 7. The molecule has 2 aliphatic rings. The third kappa shape index (κ3) is 5.76. The number of thioether (sulfide) groups is 1. The van der Waals surface area contributed by atoms with Crippen LogP contribution in [0.2, 0.25) is 0 Å². The Labute approximate surface area is 218 Å². The molecule has 0 spiro atoms. The summed E-state index contributed by atoms with van der Waals surface area (Å²) >= 11 is 3.07. The van der Waals surface area contributed by atoms with Crippen LogP contribution in [0.15, 0.2) is 65.6 Å². The van der Waals surface area contributed by atoms with E-state index in [0.29, 0.717) is 43.4 Å². The molecule has 186 valence electrons. The average Bonchev–Trinajstić information content (AvgIpc) is 3.54. The summed E-state index contributed by atoms with van der Waals surface area (Å²) < 4.78 is 0. The van der Waals surface area contributed by atoms with Gasteiger partial charge in [0.2, 0.25) is 22.9 Å². The van der Waals surface area contributed by atoms with Crippen LogP contribution in [0, 0.1) is 11.8 Å². The minimum atomic E-state index is -0.336. The zero-order valence-corrected chi connectivity index (χ0v) is 21.3. The maximum absolute atomic E-state index is 13.1. The van der Waals surface area contributed by atoms with Crippen molar-refractivity contribution in [2.45, 2.75) is 29.9 Å². The Morgan fingerprint density at radius 1 is 0.972 bits per heavy atom. The maximum atomic E-state index is 13.1. The van der Waals surface area contributed by atoms with Crippen molar-refractivity contribution in [2.75, 3.05) is 29.9 Å². The minimum Gasteiger partial charge on any atom is -0.342 e. The van der Waals surface area contributed by atoms with Gasteiger partial charge in [-0.05, 0) is 37.1 Å². The number of para-hydroxylation sites is 1. The van der Waals surface area contributed by atoms with E-state index in [1.807, 2.05) is 48.5 Å². The lowest BCUT2D eigenvalue weighted by atomic mass is 9.94. The molecular weight excluding hydrogens is 494 g/mol. The predicted molar refractivity (Wildman–Crippen MR) is 141 cm³/mol. The normalized spacial score (nSPS) is 18.4. The van der Waals surface area contributed by atoms with Gasteiger partial charge >= 0.3 is 0 Å². The zero-order chi connectivity index (χ0) is 24.9. The lowest BCUT2D eigenvalue weighted by Gasteiger charge is -2.32. The molecule has 2 saturated heterocycles. The molecule has 3 amide bonds. The molecule has 0 bridgehead atoms. The van der Waals surface area contributed by atoms with E-state index in [4.69, 9.17) is 0 Å². The fourth-order valence-electron chi connectivity index (χ4n) is 4.58. The van der Waals surface area contributed by atoms with Gasteiger partial charge in [0.1, 0.15) is 5.01 Å². The number of carbonyl (C=O) groups excluding carboxylic acids is 3. The molecule has 1 N–H and O–H groups in total. The number of hydrogen-bond acceptors (Lipinski definition) is 7. The van der Waals surface area contributed by atoms with Gasteiger partial charge in [-0.3, -0.25) is 14.4 Å². The van der Waals surface area contributed by atoms with Gasteiger partial charge in [-0.15, -0.1) is 22.0 Å². The van der Waals surface area contributed by atoms with E-state index in [-0.39, 0.29) is 36.0 Å². The van der Waals surface area contributed by atoms with E-state index < -0.39 is 0 Å². The summed E-state index contributed by atoms with van der Waals surface area (Å²) in [6, 6.07) is 19.5. The summed E-state index contributed by atoms with van der Waals surface area (Å²) in [7, 11) is 0. The summed E-state index contributed by atoms with van der Waals surface area (Å²) in [6.07, 6.45) is 1.42. The smallest absolute Gasteiger partial charge is 0.229 e. The molecule has 1 unspecified atom stereocenters. The Morgan fingerprint density at radius 3 is 2.39 bits per heavy atom. The molecule has 5 rings (SSSR count). The van der Waals surface area contributed by atoms with Gasteiger partial charge in [0, 0.05) is 42.6 Å². The van der Waals surface area contributed by atoms with E-state index in [1.165, 1.54) is 11.3 Å². The number of carbonyl (C=O) groups is 3. The van der Waals surface area contributed by atoms with E-state index in [9.17, 15) is 14.4 Å². The Bertz CT molecular complexity index is 1210. The number of hydrogen-bond donors (Lipinski definition) is 1. The average molecular weight is 522 g/mol. The van der Waals surface area contributed by atoms with Crippen LogP contribution in [-0.2, 0) is 20.1 Å². The van der Waals surface area contributed by atoms with Crippen molar-refractivity contribution in [3.8, 4) is 0 Å². The lowest BCUT2D eigenvalue weighted by molar-refractivity contribution is -0.138. The molecule has 0 saturated carbocycles. The van der Waals surface area contributed by atoms with E-state index in [1.54, 1.807) is 21.6 Å². The van der Waals surface area contributed by atoms with Gasteiger partial charge in [0.15, 0.2) is 0 Å². The number of piperidine rings is 1. The highest BCUT2D eigenvalue weighted by molar-refractivity contribution is 7.98. The molecule has 0 aliphatic carbocycles. The topological polar surface area (TPSA) is 95.5 Å². The van der Waals surface area contributed by atoms with Crippen LogP contribution in [0.1, 0.15) is 24.3 Å². The number of benzene rings is 2. The fourth-order valence-corrected chi connectivity index (χ4v) is 6.23. The zero-order valence-electron chi connectivity index (χ0n) is 19.7. The summed E-state index contributed by atoms with van der Waals surface area (Å²) in [5.41, 5.74) is 0.826. The third-order valence-corrected chi connectivity index (χ3v) is 8.57. The van der Waals surface area contributed by atoms with Gasteiger partial charge in [0.05, 0.1) is 11.7 Å². The molecule has 3 aromatic rings. The second-order valence-electron chi connectivity index (χ2n) is 8.93. The highest BCUT2D eigenvalue weighted by atomic mass is 32.2. The summed E-state index contributed by atoms with van der Waals surface area (Å²) in [5.74, 6) is 0.0935. The Morgan fingerprint density at radius 2 is 1.67 bits per heavy atom. The first-order valence-electron chi connectivity index (χ1n) is 12.0. The van der Waals surface area contributed by atoms with Crippen LogP contribution in [0.5, 0.6) is 0 Å². The van der Waals surface area contributed by atoms with E-state index in [2.05, 4.69) is 27.6 Å². The van der Waals surface area contributed by atoms with Crippen molar-refractivity contribution >= 4 is 51.6 Å². The van der Waals surface area contributed by atoms with Crippen molar-refractivity contribution in [1.29, 1.82) is 0 Å². The largest absolute Gasteiger partial charge is 0.342 e. The highest BCUT2D eigenvalue weighted by Crippen LogP contribution is 2.29. The molecule has 1 atom stereocenters. The van der Waals surface area contributed by atoms with Crippen molar-refractivity contribution in [3.05, 3.63) is 65.7 Å². The van der Waals surface area contributed by atoms with Crippen LogP contribution < -0.4 is 10.2 Å².